The van der Waals surface area contributed by atoms with E-state index < -0.39 is 0 Å². The predicted octanol–water partition coefficient (Wildman–Crippen LogP) is 4.54. The zero-order valence-electron chi connectivity index (χ0n) is 11.1. The van der Waals surface area contributed by atoms with Gasteiger partial charge < -0.3 is 4.74 Å². The molecule has 1 nitrogen and oxygen atoms in total. The lowest BCUT2D eigenvalue weighted by atomic mass is 9.77. The van der Waals surface area contributed by atoms with E-state index >= 15 is 0 Å². The van der Waals surface area contributed by atoms with E-state index in [-0.39, 0.29) is 5.41 Å². The van der Waals surface area contributed by atoms with Crippen LogP contribution in [0, 0.1) is 0 Å². The topological polar surface area (TPSA) is 9.23 Å². The van der Waals surface area contributed by atoms with Crippen molar-refractivity contribution in [2.75, 3.05) is 11.9 Å². The highest BCUT2D eigenvalue weighted by atomic mass is 79.9. The summed E-state index contributed by atoms with van der Waals surface area (Å²) in [7, 11) is 0. The van der Waals surface area contributed by atoms with Crippen LogP contribution in [0.3, 0.4) is 0 Å². The molecule has 0 aromatic heterocycles. The Kier molecular flexibility index (Phi) is 6.21. The van der Waals surface area contributed by atoms with Gasteiger partial charge in [0.2, 0.25) is 0 Å². The van der Waals surface area contributed by atoms with Crippen molar-refractivity contribution in [3.63, 3.8) is 0 Å². The third-order valence-electron chi connectivity index (χ3n) is 3.35. The summed E-state index contributed by atoms with van der Waals surface area (Å²) in [6.45, 7) is 7.25. The van der Waals surface area contributed by atoms with Crippen LogP contribution < -0.4 is 0 Å². The van der Waals surface area contributed by atoms with Gasteiger partial charge in [0.25, 0.3) is 0 Å². The van der Waals surface area contributed by atoms with Gasteiger partial charge in [-0.05, 0) is 32.3 Å². The van der Waals surface area contributed by atoms with E-state index in [1.165, 1.54) is 5.56 Å². The molecule has 0 saturated carbocycles. The normalized spacial score (nSPS) is 14.9. The minimum absolute atomic E-state index is 0.205. The van der Waals surface area contributed by atoms with E-state index in [1.54, 1.807) is 0 Å². The Bertz CT molecular complexity index is 304. The van der Waals surface area contributed by atoms with Gasteiger partial charge in [0, 0.05) is 17.4 Å². The molecule has 1 atom stereocenters. The van der Waals surface area contributed by atoms with Crippen LogP contribution >= 0.6 is 15.9 Å². The Morgan fingerprint density at radius 3 is 2.35 bits per heavy atom. The molecular weight excluding hydrogens is 276 g/mol. The van der Waals surface area contributed by atoms with Crippen LogP contribution in [-0.4, -0.2) is 18.0 Å². The SMILES string of the molecule is CCC(CBr)(CCOC(C)C)c1ccccc1. The number of halogens is 1. The van der Waals surface area contributed by atoms with Gasteiger partial charge in [0.1, 0.15) is 0 Å². The fourth-order valence-electron chi connectivity index (χ4n) is 2.05. The molecule has 0 amide bonds. The average Bonchev–Trinajstić information content (AvgIpc) is 2.36. The van der Waals surface area contributed by atoms with Crippen molar-refractivity contribution in [2.24, 2.45) is 0 Å². The maximum absolute atomic E-state index is 5.70. The van der Waals surface area contributed by atoms with Gasteiger partial charge in [-0.1, -0.05) is 53.2 Å². The van der Waals surface area contributed by atoms with E-state index in [1.807, 2.05) is 0 Å². The summed E-state index contributed by atoms with van der Waals surface area (Å²) < 4.78 is 5.70. The molecule has 1 aromatic carbocycles. The first kappa shape index (κ1) is 14.7. The number of rotatable bonds is 7. The molecule has 0 spiro atoms. The van der Waals surface area contributed by atoms with Crippen molar-refractivity contribution in [3.05, 3.63) is 35.9 Å². The largest absolute Gasteiger partial charge is 0.379 e. The molecule has 0 aliphatic rings. The van der Waals surface area contributed by atoms with Crippen molar-refractivity contribution in [1.29, 1.82) is 0 Å². The van der Waals surface area contributed by atoms with Gasteiger partial charge in [-0.25, -0.2) is 0 Å². The molecule has 0 N–H and O–H groups in total. The van der Waals surface area contributed by atoms with Gasteiger partial charge in [0.05, 0.1) is 6.10 Å². The summed E-state index contributed by atoms with van der Waals surface area (Å²) in [6.07, 6.45) is 2.51. The maximum atomic E-state index is 5.70. The van der Waals surface area contributed by atoms with Gasteiger partial charge in [-0.2, -0.15) is 0 Å². The van der Waals surface area contributed by atoms with Gasteiger partial charge in [-0.3, -0.25) is 0 Å². The number of hydrogen-bond donors (Lipinski definition) is 0. The van der Waals surface area contributed by atoms with E-state index in [4.69, 9.17) is 4.74 Å². The lowest BCUT2D eigenvalue weighted by Crippen LogP contribution is -2.29. The second-order valence-electron chi connectivity index (χ2n) is 4.80. The van der Waals surface area contributed by atoms with Crippen molar-refractivity contribution in [2.45, 2.75) is 45.1 Å². The molecule has 2 heteroatoms. The first-order valence-corrected chi connectivity index (χ1v) is 7.50. The third kappa shape index (κ3) is 4.11. The highest BCUT2D eigenvalue weighted by Gasteiger charge is 2.28. The summed E-state index contributed by atoms with van der Waals surface area (Å²) in [5.41, 5.74) is 1.61. The van der Waals surface area contributed by atoms with Gasteiger partial charge in [-0.15, -0.1) is 0 Å². The first-order chi connectivity index (χ1) is 8.14. The Hall–Kier alpha value is -0.340. The van der Waals surface area contributed by atoms with Crippen LogP contribution in [0.15, 0.2) is 30.3 Å². The average molecular weight is 299 g/mol. The van der Waals surface area contributed by atoms with Crippen molar-refractivity contribution in [1.82, 2.24) is 0 Å². The Balaban J connectivity index is 2.75. The molecule has 1 rings (SSSR count). The number of hydrogen-bond acceptors (Lipinski definition) is 1. The molecule has 0 aliphatic carbocycles. The van der Waals surface area contributed by atoms with Gasteiger partial charge in [0.15, 0.2) is 0 Å². The van der Waals surface area contributed by atoms with Gasteiger partial charge >= 0.3 is 0 Å². The van der Waals surface area contributed by atoms with Crippen molar-refractivity contribution in [3.8, 4) is 0 Å². The summed E-state index contributed by atoms with van der Waals surface area (Å²) in [4.78, 5) is 0. The standard InChI is InChI=1S/C15H23BrO/c1-4-15(12-16,10-11-17-13(2)3)14-8-6-5-7-9-14/h5-9,13H,4,10-12H2,1-3H3. The summed E-state index contributed by atoms with van der Waals surface area (Å²) in [5.74, 6) is 0. The fraction of sp³-hybridized carbons (Fsp3) is 0.600. The van der Waals surface area contributed by atoms with Crippen molar-refractivity contribution >= 4 is 15.9 Å². The summed E-state index contributed by atoms with van der Waals surface area (Å²) in [5, 5.41) is 0.988. The monoisotopic (exact) mass is 298 g/mol. The quantitative estimate of drug-likeness (QED) is 0.671. The molecule has 17 heavy (non-hydrogen) atoms. The summed E-state index contributed by atoms with van der Waals surface area (Å²) in [6, 6.07) is 10.8. The van der Waals surface area contributed by atoms with Crippen LogP contribution in [0.1, 0.15) is 39.2 Å². The zero-order chi connectivity index (χ0) is 12.7. The highest BCUT2D eigenvalue weighted by molar-refractivity contribution is 9.09. The number of alkyl halides is 1. The second-order valence-corrected chi connectivity index (χ2v) is 5.36. The maximum Gasteiger partial charge on any atom is 0.0518 e. The molecule has 0 radical (unpaired) electrons. The second kappa shape index (κ2) is 7.17. The van der Waals surface area contributed by atoms with E-state index in [0.29, 0.717) is 6.10 Å². The Labute approximate surface area is 114 Å². The minimum Gasteiger partial charge on any atom is -0.379 e. The predicted molar refractivity (Wildman–Crippen MR) is 77.9 cm³/mol. The Morgan fingerprint density at radius 2 is 1.88 bits per heavy atom. The van der Waals surface area contributed by atoms with Crippen LogP contribution in [-0.2, 0) is 10.2 Å². The van der Waals surface area contributed by atoms with Crippen LogP contribution in [0.5, 0.6) is 0 Å². The van der Waals surface area contributed by atoms with E-state index in [2.05, 4.69) is 67.0 Å². The molecule has 0 saturated heterocycles. The molecule has 1 unspecified atom stereocenters. The fourth-order valence-corrected chi connectivity index (χ4v) is 3.05. The lowest BCUT2D eigenvalue weighted by Gasteiger charge is -2.31. The van der Waals surface area contributed by atoms with Crippen LogP contribution in [0.25, 0.3) is 0 Å². The smallest absolute Gasteiger partial charge is 0.0518 e. The molecule has 0 aliphatic heterocycles. The Morgan fingerprint density at radius 1 is 1.24 bits per heavy atom. The minimum atomic E-state index is 0.205. The van der Waals surface area contributed by atoms with Crippen molar-refractivity contribution < 1.29 is 4.74 Å². The molecule has 1 aromatic rings. The lowest BCUT2D eigenvalue weighted by molar-refractivity contribution is 0.0656. The molecular formula is C15H23BrO. The molecule has 0 heterocycles. The highest BCUT2D eigenvalue weighted by Crippen LogP contribution is 2.33. The first-order valence-electron chi connectivity index (χ1n) is 6.37. The zero-order valence-corrected chi connectivity index (χ0v) is 12.7. The van der Waals surface area contributed by atoms with E-state index in [0.717, 1.165) is 24.8 Å². The number of ether oxygens (including phenoxy) is 1. The van der Waals surface area contributed by atoms with Crippen LogP contribution in [0.2, 0.25) is 0 Å². The third-order valence-corrected chi connectivity index (χ3v) is 4.42. The molecule has 0 bridgehead atoms. The van der Waals surface area contributed by atoms with E-state index in [9.17, 15) is 0 Å². The summed E-state index contributed by atoms with van der Waals surface area (Å²) >= 11 is 3.68. The molecule has 96 valence electrons. The number of benzene rings is 1. The van der Waals surface area contributed by atoms with Crippen LogP contribution in [0.4, 0.5) is 0 Å². The molecule has 0 fully saturated rings.